The van der Waals surface area contributed by atoms with Gasteiger partial charge in [0.1, 0.15) is 6.29 Å². The first kappa shape index (κ1) is 7.55. The fourth-order valence-corrected chi connectivity index (χ4v) is 0.949. The number of nitrogens with zero attached hydrogens (tertiary/aromatic N) is 2. The van der Waals surface area contributed by atoms with Crippen molar-refractivity contribution in [2.75, 3.05) is 0 Å². The van der Waals surface area contributed by atoms with Crippen molar-refractivity contribution in [1.29, 1.82) is 5.26 Å². The highest BCUT2D eigenvalue weighted by Crippen LogP contribution is 2.01. The molecule has 1 aromatic heterocycles. The lowest BCUT2D eigenvalue weighted by Crippen LogP contribution is -2.01. The molecule has 1 rings (SSSR count). The number of aromatic nitrogens is 1. The second-order valence-electron chi connectivity index (χ2n) is 2.15. The van der Waals surface area contributed by atoms with Gasteiger partial charge in [0.2, 0.25) is 0 Å². The number of carbonyl (C=O) groups is 1. The van der Waals surface area contributed by atoms with Gasteiger partial charge in [-0.05, 0) is 12.1 Å². The fourth-order valence-electron chi connectivity index (χ4n) is 0.949. The average Bonchev–Trinajstić information content (AvgIpc) is 2.39. The molecule has 0 saturated carbocycles. The lowest BCUT2D eigenvalue weighted by Gasteiger charge is -1.99. The molecule has 1 heterocycles. The number of rotatable bonds is 3. The van der Waals surface area contributed by atoms with Crippen LogP contribution in [-0.4, -0.2) is 10.9 Å². The van der Waals surface area contributed by atoms with Crippen LogP contribution in [0.15, 0.2) is 18.3 Å². The molecule has 0 aromatic carbocycles. The number of carbonyl (C=O) groups excluding carboxylic acids is 1. The van der Waals surface area contributed by atoms with Crippen LogP contribution in [0.3, 0.4) is 0 Å². The zero-order valence-corrected chi connectivity index (χ0v) is 6.03. The standard InChI is InChI=1S/C8H8N2O/c9-4-3-8-2-1-5-10(8)6-7-11/h1-2,5,7H,3,6H2. The van der Waals surface area contributed by atoms with Gasteiger partial charge < -0.3 is 9.36 Å². The van der Waals surface area contributed by atoms with Crippen molar-refractivity contribution in [3.63, 3.8) is 0 Å². The molecule has 0 unspecified atom stereocenters. The van der Waals surface area contributed by atoms with Crippen LogP contribution in [0.5, 0.6) is 0 Å². The summed E-state index contributed by atoms with van der Waals surface area (Å²) in [7, 11) is 0. The molecule has 0 bridgehead atoms. The van der Waals surface area contributed by atoms with Crippen LogP contribution < -0.4 is 0 Å². The first-order valence-corrected chi connectivity index (χ1v) is 3.33. The highest BCUT2D eigenvalue weighted by Gasteiger charge is 1.97. The maximum Gasteiger partial charge on any atom is 0.139 e. The topological polar surface area (TPSA) is 45.8 Å². The molecule has 0 aliphatic carbocycles. The maximum absolute atomic E-state index is 10.1. The number of hydrogen-bond donors (Lipinski definition) is 0. The summed E-state index contributed by atoms with van der Waals surface area (Å²) in [6.07, 6.45) is 2.97. The molecule has 0 aliphatic rings. The van der Waals surface area contributed by atoms with E-state index in [9.17, 15) is 4.79 Å². The van der Waals surface area contributed by atoms with Gasteiger partial charge >= 0.3 is 0 Å². The SMILES string of the molecule is N#CCc1cccn1CC=O. The average molecular weight is 148 g/mol. The van der Waals surface area contributed by atoms with Gasteiger partial charge in [-0.2, -0.15) is 5.26 Å². The van der Waals surface area contributed by atoms with Gasteiger partial charge in [-0.15, -0.1) is 0 Å². The normalized spacial score (nSPS) is 9.00. The zero-order chi connectivity index (χ0) is 8.10. The second kappa shape index (κ2) is 3.57. The van der Waals surface area contributed by atoms with E-state index in [1.54, 1.807) is 10.8 Å². The molecule has 0 fully saturated rings. The van der Waals surface area contributed by atoms with E-state index in [1.165, 1.54) is 0 Å². The number of nitriles is 1. The van der Waals surface area contributed by atoms with E-state index >= 15 is 0 Å². The summed E-state index contributed by atoms with van der Waals surface area (Å²) >= 11 is 0. The Labute approximate surface area is 64.9 Å². The Kier molecular flexibility index (Phi) is 2.45. The van der Waals surface area contributed by atoms with Crippen LogP contribution in [-0.2, 0) is 17.8 Å². The smallest absolute Gasteiger partial charge is 0.139 e. The summed E-state index contributed by atoms with van der Waals surface area (Å²) in [5.74, 6) is 0. The molecule has 1 aromatic rings. The van der Waals surface area contributed by atoms with Crippen LogP contribution >= 0.6 is 0 Å². The zero-order valence-electron chi connectivity index (χ0n) is 6.03. The molecule has 0 N–H and O–H groups in total. The summed E-state index contributed by atoms with van der Waals surface area (Å²) in [4.78, 5) is 10.1. The van der Waals surface area contributed by atoms with Crippen LogP contribution in [0, 0.1) is 11.3 Å². The quantitative estimate of drug-likeness (QED) is 0.594. The molecule has 56 valence electrons. The van der Waals surface area contributed by atoms with Crippen molar-refractivity contribution in [2.24, 2.45) is 0 Å². The molecule has 0 atom stereocenters. The Bertz CT molecular complexity index is 283. The number of hydrogen-bond acceptors (Lipinski definition) is 2. The minimum atomic E-state index is 0.337. The second-order valence-corrected chi connectivity index (χ2v) is 2.15. The Balaban J connectivity index is 2.79. The minimum absolute atomic E-state index is 0.337. The Hall–Kier alpha value is -1.56. The van der Waals surface area contributed by atoms with Gasteiger partial charge in [0.05, 0.1) is 19.0 Å². The Morgan fingerprint density at radius 3 is 3.18 bits per heavy atom. The first-order valence-electron chi connectivity index (χ1n) is 3.33. The maximum atomic E-state index is 10.1. The van der Waals surface area contributed by atoms with Crippen LogP contribution in [0.4, 0.5) is 0 Å². The van der Waals surface area contributed by atoms with E-state index in [2.05, 4.69) is 0 Å². The van der Waals surface area contributed by atoms with E-state index in [-0.39, 0.29) is 0 Å². The van der Waals surface area contributed by atoms with Gasteiger partial charge in [-0.1, -0.05) is 0 Å². The fraction of sp³-hybridized carbons (Fsp3) is 0.250. The third-order valence-electron chi connectivity index (χ3n) is 1.45. The van der Waals surface area contributed by atoms with Gasteiger partial charge in [0.15, 0.2) is 0 Å². The first-order chi connectivity index (χ1) is 5.38. The van der Waals surface area contributed by atoms with E-state index in [0.29, 0.717) is 13.0 Å². The summed E-state index contributed by atoms with van der Waals surface area (Å²) in [6, 6.07) is 5.70. The minimum Gasteiger partial charge on any atom is -0.343 e. The van der Waals surface area contributed by atoms with Gasteiger partial charge in [-0.3, -0.25) is 0 Å². The molecule has 11 heavy (non-hydrogen) atoms. The molecule has 3 heteroatoms. The lowest BCUT2D eigenvalue weighted by molar-refractivity contribution is -0.108. The molecule has 0 spiro atoms. The van der Waals surface area contributed by atoms with Crippen LogP contribution in [0.25, 0.3) is 0 Å². The largest absolute Gasteiger partial charge is 0.343 e. The highest BCUT2D eigenvalue weighted by atomic mass is 16.1. The van der Waals surface area contributed by atoms with Crippen molar-refractivity contribution in [3.8, 4) is 6.07 Å². The monoisotopic (exact) mass is 148 g/mol. The molecule has 0 radical (unpaired) electrons. The molecular weight excluding hydrogens is 140 g/mol. The van der Waals surface area contributed by atoms with Crippen molar-refractivity contribution in [2.45, 2.75) is 13.0 Å². The summed E-state index contributed by atoms with van der Waals surface area (Å²) in [5, 5.41) is 8.38. The van der Waals surface area contributed by atoms with E-state index < -0.39 is 0 Å². The third-order valence-corrected chi connectivity index (χ3v) is 1.45. The Morgan fingerprint density at radius 2 is 2.55 bits per heavy atom. The lowest BCUT2D eigenvalue weighted by atomic mass is 10.3. The van der Waals surface area contributed by atoms with Crippen molar-refractivity contribution < 1.29 is 4.79 Å². The van der Waals surface area contributed by atoms with Gasteiger partial charge in [0.25, 0.3) is 0 Å². The predicted octanol–water partition coefficient (Wildman–Crippen LogP) is 0.753. The third kappa shape index (κ3) is 1.68. The summed E-state index contributed by atoms with van der Waals surface area (Å²) < 4.78 is 1.76. The van der Waals surface area contributed by atoms with Crippen molar-refractivity contribution >= 4 is 6.29 Å². The van der Waals surface area contributed by atoms with E-state index in [4.69, 9.17) is 5.26 Å². The van der Waals surface area contributed by atoms with Crippen LogP contribution in [0.2, 0.25) is 0 Å². The summed E-state index contributed by atoms with van der Waals surface area (Å²) in [5.41, 5.74) is 0.889. The van der Waals surface area contributed by atoms with Gasteiger partial charge in [0, 0.05) is 11.9 Å². The van der Waals surface area contributed by atoms with Crippen molar-refractivity contribution in [1.82, 2.24) is 4.57 Å². The summed E-state index contributed by atoms with van der Waals surface area (Å²) in [6.45, 7) is 0.337. The molecule has 3 nitrogen and oxygen atoms in total. The molecule has 0 amide bonds. The highest BCUT2D eigenvalue weighted by molar-refractivity contribution is 5.49. The van der Waals surface area contributed by atoms with Gasteiger partial charge in [-0.25, -0.2) is 0 Å². The van der Waals surface area contributed by atoms with Crippen LogP contribution in [0.1, 0.15) is 5.69 Å². The van der Waals surface area contributed by atoms with E-state index in [0.717, 1.165) is 12.0 Å². The Morgan fingerprint density at radius 1 is 1.73 bits per heavy atom. The predicted molar refractivity (Wildman–Crippen MR) is 39.8 cm³/mol. The number of aldehydes is 1. The molecule has 0 aliphatic heterocycles. The van der Waals surface area contributed by atoms with Crippen molar-refractivity contribution in [3.05, 3.63) is 24.0 Å². The molecule has 0 saturated heterocycles. The molecular formula is C8H8N2O. The van der Waals surface area contributed by atoms with E-state index in [1.807, 2.05) is 18.2 Å².